The summed E-state index contributed by atoms with van der Waals surface area (Å²) in [6, 6.07) is 3.05. The molecule has 4 aromatic carbocycles. The summed E-state index contributed by atoms with van der Waals surface area (Å²) in [5, 5.41) is 48.4. The molecule has 0 unspecified atom stereocenters. The van der Waals surface area contributed by atoms with E-state index >= 15 is 47.9 Å². The molecule has 43 nitrogen and oxygen atoms in total. The van der Waals surface area contributed by atoms with Gasteiger partial charge in [-0.05, 0) is 142 Å². The number of aliphatic carboxylic acids is 1. The number of aromatic nitrogens is 4. The van der Waals surface area contributed by atoms with Gasteiger partial charge in [0.2, 0.25) is 100 Å². The maximum absolute atomic E-state index is 15.9. The molecule has 3 aromatic heterocycles. The Morgan fingerprint density at radius 2 is 1.02 bits per heavy atom. The Morgan fingerprint density at radius 1 is 0.511 bits per heavy atom. The smallest absolute Gasteiger partial charge is 0.303 e. The van der Waals surface area contributed by atoms with Crippen LogP contribution in [0.4, 0.5) is 4.39 Å². The van der Waals surface area contributed by atoms with Crippen LogP contribution in [0, 0.1) is 11.7 Å². The number of benzene rings is 4. The summed E-state index contributed by atoms with van der Waals surface area (Å²) in [5.74, 6) is -20.0. The fourth-order valence-corrected chi connectivity index (χ4v) is 18.6. The van der Waals surface area contributed by atoms with E-state index in [1.807, 2.05) is 13.8 Å². The third-order valence-corrected chi connectivity index (χ3v) is 26.6. The minimum atomic E-state index is -1.83. The number of rotatable bonds is 28. The van der Waals surface area contributed by atoms with Crippen LogP contribution in [0.15, 0.2) is 122 Å². The SMILES string of the molecule is CCCC[C@H]1C(=O)N(C)[C@@H](CCCC)C(=O)N[C@@H](CCN)C(=O)N[C@H](C(=O)NCC(N)=O)CSCC(=O)N[C@@H](Cc2ccc(O)cc2)C(=O)N(C)[C@@H](C)C(=O)N[C@@H](CC(N)=O)C(=O)N2CCC[C@H]2C(=O)N[C@@H](Cc2c[nH]cn2)C(=O)N[C@@H](CCC(=O)O)C(=O)N2C[C@H](Cc3ccc(F)cc3)C[C@H]2C(=O)N[C@@H](Cc2c[nH]c3ccccc23)C(=O)N[C@@H](CCN)C(=O)N[C@@H](Cc2c[nH]c3ccccc23)C(=O)N1C. The monoisotopic (exact) mass is 1970 g/mol. The number of primary amides is 2. The molecular formula is C96H128FN23O20S. The van der Waals surface area contributed by atoms with Crippen LogP contribution in [0.3, 0.4) is 0 Å². The average molecular weight is 1980 g/mol. The first-order valence-corrected chi connectivity index (χ1v) is 48.3. The topological polar surface area (TPSA) is 649 Å². The minimum Gasteiger partial charge on any atom is -0.508 e. The molecule has 45 heteroatoms. The zero-order valence-corrected chi connectivity index (χ0v) is 80.4. The molecule has 0 radical (unpaired) electrons. The van der Waals surface area contributed by atoms with Crippen molar-refractivity contribution >= 4 is 140 Å². The lowest BCUT2D eigenvalue weighted by Crippen LogP contribution is -2.61. The van der Waals surface area contributed by atoms with Crippen LogP contribution < -0.4 is 76.1 Å². The minimum absolute atomic E-state index is 0.00371. The number of nitrogens with zero attached hydrogens (tertiary/aromatic N) is 6. The molecule has 3 fully saturated rings. The molecule has 0 bridgehead atoms. The number of hydrogen-bond acceptors (Lipinski definition) is 23. The lowest BCUT2D eigenvalue weighted by atomic mass is 9.96. The van der Waals surface area contributed by atoms with Crippen LogP contribution in [-0.2, 0) is 118 Å². The first-order chi connectivity index (χ1) is 67.4. The number of amides is 17. The number of phenolic OH excluding ortho intramolecular Hbond substituents is 1. The van der Waals surface area contributed by atoms with Crippen molar-refractivity contribution in [3.63, 3.8) is 0 Å². The molecule has 3 saturated heterocycles. The zero-order valence-electron chi connectivity index (χ0n) is 79.6. The van der Waals surface area contributed by atoms with E-state index in [2.05, 4.69) is 73.1 Å². The predicted octanol–water partition coefficient (Wildman–Crippen LogP) is -1.03. The van der Waals surface area contributed by atoms with Gasteiger partial charge in [-0.25, -0.2) is 9.37 Å². The van der Waals surface area contributed by atoms with E-state index in [0.29, 0.717) is 69.7 Å². The number of hydrogen-bond donors (Lipinski definition) is 19. The van der Waals surface area contributed by atoms with Gasteiger partial charge in [0.1, 0.15) is 96.2 Å². The van der Waals surface area contributed by atoms with Crippen LogP contribution in [-0.4, -0.2) is 311 Å². The third-order valence-electron chi connectivity index (χ3n) is 25.5. The first-order valence-electron chi connectivity index (χ1n) is 47.2. The number of carboxylic acids is 1. The van der Waals surface area contributed by atoms with Gasteiger partial charge in [-0.1, -0.05) is 100 Å². The summed E-state index contributed by atoms with van der Waals surface area (Å²) in [6.45, 7) is 3.29. The van der Waals surface area contributed by atoms with Crippen molar-refractivity contribution in [3.05, 3.63) is 156 Å². The third kappa shape index (κ3) is 30.1. The largest absolute Gasteiger partial charge is 0.508 e. The van der Waals surface area contributed by atoms with Crippen LogP contribution in [0.5, 0.6) is 5.75 Å². The van der Waals surface area contributed by atoms with E-state index in [-0.39, 0.29) is 108 Å². The number of carbonyl (C=O) groups excluding carboxylic acids is 17. The van der Waals surface area contributed by atoms with Crippen molar-refractivity contribution in [1.82, 2.24) is 97.6 Å². The second kappa shape index (κ2) is 52.0. The highest BCUT2D eigenvalue weighted by molar-refractivity contribution is 8.00. The van der Waals surface area contributed by atoms with E-state index in [4.69, 9.17) is 22.9 Å². The van der Waals surface area contributed by atoms with Crippen LogP contribution in [0.25, 0.3) is 21.8 Å². The number of carboxylic acid groups (broad SMARTS) is 1. The van der Waals surface area contributed by atoms with Gasteiger partial charge < -0.3 is 126 Å². The molecular weight excluding hydrogens is 1850 g/mol. The number of thioether (sulfide) groups is 1. The Kier molecular flexibility index (Phi) is 40.1. The number of likely N-dealkylation sites (N-methyl/N-ethyl adjacent to an activating group) is 3. The standard InChI is InChI=1S/C96H128FN23O20S/c1-7-9-20-75-89(133)109-67(34-36-99)86(130)115-74(84(128)105-48-80(101)123)50-141-51-81(124)107-71(39-55-25-29-61(121)30-26-55)92(136)116(4)53(3)83(127)113-73(44-79(100)122)95(139)119-37-15-22-76(119)90(134)112-70(43-60-47-102-52-106-60)88(132)110-68(31-32-82(125)126)94(138)120-49-56(38-54-23-27-59(97)28-24-54)40-78(120)91(135)111-69(41-57-45-103-64-18-13-11-16-62(57)64)87(131)108-66(33-35-98)85(129)114-72(42-58-46-104-65-19-14-12-17-63(58)65)93(137)118(6)77(21-10-8-2)96(140)117(75)5/h11-14,16-19,23-30,45-47,52-53,56,66-78,103-104,121H,7-10,15,20-22,31-44,48-51,98-99H2,1-6H3,(H2,100,122)(H2,101,123)(H,102,106)(H,105,128)(H,107,124)(H,108,131)(H,109,133)(H,110,132)(H,111,135)(H,112,134)(H,113,127)(H,114,129)(H,115,130)(H,125,126)/t53-,56+,66-,67-,68-,69-,70-,71-,72-,73-,74-,75-,76-,77-,78-/m0/s1. The number of aromatic hydroxyl groups is 1. The van der Waals surface area contributed by atoms with E-state index in [1.54, 1.807) is 60.9 Å². The molecule has 3 aliphatic heterocycles. The Balaban J connectivity index is 1.04. The number of para-hydroxylation sites is 2. The Bertz CT molecular complexity index is 5610. The second-order valence-corrected chi connectivity index (χ2v) is 36.8. The molecule has 7 aromatic rings. The van der Waals surface area contributed by atoms with Gasteiger partial charge >= 0.3 is 5.97 Å². The van der Waals surface area contributed by atoms with Crippen LogP contribution in [0.2, 0.25) is 0 Å². The second-order valence-electron chi connectivity index (χ2n) is 35.8. The molecule has 0 spiro atoms. The first kappa shape index (κ1) is 109. The highest BCUT2D eigenvalue weighted by Gasteiger charge is 2.47. The molecule has 760 valence electrons. The molecule has 6 heterocycles. The fourth-order valence-electron chi connectivity index (χ4n) is 17.7. The van der Waals surface area contributed by atoms with Crippen LogP contribution >= 0.6 is 11.8 Å². The van der Waals surface area contributed by atoms with Gasteiger partial charge in [0.15, 0.2) is 0 Å². The molecule has 0 aliphatic carbocycles. The lowest BCUT2D eigenvalue weighted by Gasteiger charge is -2.36. The lowest BCUT2D eigenvalue weighted by molar-refractivity contribution is -0.149. The Morgan fingerprint density at radius 3 is 1.61 bits per heavy atom. The van der Waals surface area contributed by atoms with E-state index in [1.165, 1.54) is 94.0 Å². The summed E-state index contributed by atoms with van der Waals surface area (Å²) in [4.78, 5) is 284. The molecule has 0 saturated carbocycles. The summed E-state index contributed by atoms with van der Waals surface area (Å²) >= 11 is 0.762. The molecule has 141 heavy (non-hydrogen) atoms. The van der Waals surface area contributed by atoms with Gasteiger partial charge in [-0.3, -0.25) is 86.3 Å². The number of aromatic amines is 3. The highest BCUT2D eigenvalue weighted by Crippen LogP contribution is 2.31. The Hall–Kier alpha value is -14.4. The number of nitrogens with two attached hydrogens (primary N) is 4. The van der Waals surface area contributed by atoms with Crippen LogP contribution in [0.1, 0.15) is 139 Å². The van der Waals surface area contributed by atoms with Crippen molar-refractivity contribution in [2.75, 3.05) is 65.4 Å². The normalized spacial score (nSPS) is 24.2. The maximum Gasteiger partial charge on any atom is 0.303 e. The number of carbonyl (C=O) groups is 18. The van der Waals surface area contributed by atoms with E-state index in [0.717, 1.165) is 31.4 Å². The van der Waals surface area contributed by atoms with Crippen molar-refractivity contribution in [2.45, 2.75) is 227 Å². The summed E-state index contributed by atoms with van der Waals surface area (Å²) < 4.78 is 14.6. The zero-order chi connectivity index (χ0) is 102. The number of unbranched alkanes of at least 4 members (excludes halogenated alkanes) is 2. The highest BCUT2D eigenvalue weighted by atomic mass is 32.2. The number of fused-ring (bicyclic) bond motifs is 4. The van der Waals surface area contributed by atoms with Gasteiger partial charge in [-0.15, -0.1) is 11.8 Å². The van der Waals surface area contributed by atoms with Crippen molar-refractivity contribution in [2.24, 2.45) is 28.9 Å². The quantitative estimate of drug-likeness (QED) is 0.0279. The number of H-pyrrole nitrogens is 3. The maximum atomic E-state index is 15.9. The van der Waals surface area contributed by atoms with Gasteiger partial charge in [-0.2, -0.15) is 0 Å². The summed E-state index contributed by atoms with van der Waals surface area (Å²) in [7, 11) is 3.92. The van der Waals surface area contributed by atoms with Gasteiger partial charge in [0.25, 0.3) is 0 Å². The van der Waals surface area contributed by atoms with Gasteiger partial charge in [0.05, 0.1) is 30.7 Å². The molecule has 15 atom stereocenters. The predicted molar refractivity (Wildman–Crippen MR) is 516 cm³/mol. The van der Waals surface area contributed by atoms with E-state index in [9.17, 15) is 53.0 Å². The number of nitrogens with one attached hydrogen (secondary N) is 13. The molecule has 10 rings (SSSR count). The van der Waals surface area contributed by atoms with Gasteiger partial charge in [0, 0.05) is 112 Å². The summed E-state index contributed by atoms with van der Waals surface area (Å²) in [5.41, 5.74) is 27.0. The summed E-state index contributed by atoms with van der Waals surface area (Å²) in [6.07, 6.45) is 3.54. The molecule has 3 aliphatic rings. The van der Waals surface area contributed by atoms with E-state index < -0.39 is 246 Å². The molecule has 23 N–H and O–H groups in total. The van der Waals surface area contributed by atoms with Crippen molar-refractivity contribution < 1.29 is 101 Å². The fraction of sp³-hybridized carbons (Fsp3) is 0.490. The number of phenols is 1. The number of imidazole rings is 1. The number of halogens is 1. The van der Waals surface area contributed by atoms with Crippen molar-refractivity contribution in [3.8, 4) is 5.75 Å². The van der Waals surface area contributed by atoms with Crippen molar-refractivity contribution in [1.29, 1.82) is 0 Å². The molecule has 17 amide bonds. The average Bonchev–Trinajstić information content (AvgIpc) is 1.68. The Labute approximate surface area is 817 Å².